The van der Waals surface area contributed by atoms with Gasteiger partial charge in [0.15, 0.2) is 0 Å². The lowest BCUT2D eigenvalue weighted by atomic mass is 9.97. The van der Waals surface area contributed by atoms with Crippen LogP contribution >= 0.6 is 0 Å². The molecule has 130 valence electrons. The molecule has 0 amide bonds. The van der Waals surface area contributed by atoms with Gasteiger partial charge >= 0.3 is 0 Å². The van der Waals surface area contributed by atoms with Gasteiger partial charge in [0.1, 0.15) is 25.3 Å². The number of benzene rings is 2. The Hall–Kier alpha value is -1.72. The number of aryl methyl sites for hydroxylation is 1. The van der Waals surface area contributed by atoms with Gasteiger partial charge in [0, 0.05) is 0 Å². The zero-order valence-corrected chi connectivity index (χ0v) is 14.4. The zero-order valence-electron chi connectivity index (χ0n) is 14.4. The number of aliphatic hydroxyl groups excluding tert-OH is 2. The maximum Gasteiger partial charge on any atom is 0.126 e. The average molecular weight is 330 g/mol. The van der Waals surface area contributed by atoms with Crippen LogP contribution in [0.25, 0.3) is 0 Å². The third kappa shape index (κ3) is 5.73. The van der Waals surface area contributed by atoms with Gasteiger partial charge in [0.2, 0.25) is 0 Å². The fourth-order valence-electron chi connectivity index (χ4n) is 2.68. The molecule has 0 heterocycles. The van der Waals surface area contributed by atoms with Crippen LogP contribution < -0.4 is 5.32 Å². The molecule has 0 saturated heterocycles. The molecule has 3 atom stereocenters. The summed E-state index contributed by atoms with van der Waals surface area (Å²) in [6.45, 7) is 5.16. The molecule has 0 aromatic heterocycles. The van der Waals surface area contributed by atoms with Crippen molar-refractivity contribution in [2.45, 2.75) is 32.2 Å². The first-order chi connectivity index (χ1) is 11.6. The summed E-state index contributed by atoms with van der Waals surface area (Å²) < 4.78 is 6.08. The summed E-state index contributed by atoms with van der Waals surface area (Å²) in [5.41, 5.74) is 3.36. The van der Waals surface area contributed by atoms with Crippen LogP contribution in [0, 0.1) is 6.92 Å². The van der Waals surface area contributed by atoms with E-state index in [9.17, 15) is 10.2 Å². The molecule has 0 radical (unpaired) electrons. The third-order valence-electron chi connectivity index (χ3n) is 3.98. The van der Waals surface area contributed by atoms with Gasteiger partial charge in [-0.05, 0) is 30.5 Å². The molecule has 0 spiro atoms. The second-order valence-corrected chi connectivity index (χ2v) is 6.24. The van der Waals surface area contributed by atoms with Gasteiger partial charge in [-0.2, -0.15) is 0 Å². The van der Waals surface area contributed by atoms with Crippen LogP contribution in [0.2, 0.25) is 0 Å². The molecule has 0 bridgehead atoms. The Labute approximate surface area is 144 Å². The van der Waals surface area contributed by atoms with E-state index in [1.165, 1.54) is 5.56 Å². The fourth-order valence-corrected chi connectivity index (χ4v) is 2.68. The Bertz CT molecular complexity index is 601. The number of ether oxygens (including phenoxy) is 1. The quantitative estimate of drug-likeness (QED) is 0.651. The molecule has 0 fully saturated rings. The summed E-state index contributed by atoms with van der Waals surface area (Å²) in [4.78, 5) is 0. The van der Waals surface area contributed by atoms with Crippen LogP contribution in [-0.2, 0) is 4.74 Å². The van der Waals surface area contributed by atoms with Crippen molar-refractivity contribution in [2.24, 2.45) is 0 Å². The van der Waals surface area contributed by atoms with Crippen molar-refractivity contribution in [1.29, 1.82) is 0 Å². The van der Waals surface area contributed by atoms with Crippen molar-refractivity contribution in [3.63, 3.8) is 0 Å². The highest BCUT2D eigenvalue weighted by Crippen LogP contribution is 2.28. The highest BCUT2D eigenvalue weighted by molar-refractivity contribution is 5.35. The molecule has 0 aliphatic heterocycles. The molecule has 4 heteroatoms. The third-order valence-corrected chi connectivity index (χ3v) is 3.98. The van der Waals surface area contributed by atoms with Crippen LogP contribution in [0.4, 0.5) is 0 Å². The van der Waals surface area contributed by atoms with Gasteiger partial charge in [0.25, 0.3) is 0 Å². The smallest absolute Gasteiger partial charge is 0.126 e. The van der Waals surface area contributed by atoms with Crippen molar-refractivity contribution in [3.8, 4) is 0 Å². The van der Waals surface area contributed by atoms with E-state index in [1.807, 2.05) is 47.8 Å². The Morgan fingerprint density at radius 2 is 1.62 bits per heavy atom. The first-order valence-corrected chi connectivity index (χ1v) is 8.47. The molecule has 4 nitrogen and oxygen atoms in total. The van der Waals surface area contributed by atoms with E-state index in [1.54, 1.807) is 6.92 Å². The average Bonchev–Trinajstić information content (AvgIpc) is 2.57. The van der Waals surface area contributed by atoms with E-state index in [2.05, 4.69) is 19.1 Å². The molecule has 2 rings (SSSR count). The Balaban J connectivity index is 2.04. The minimum absolute atomic E-state index is 0.196. The first-order valence-electron chi connectivity index (χ1n) is 8.47. The van der Waals surface area contributed by atoms with Gasteiger partial charge in [0.05, 0.1) is 12.7 Å². The summed E-state index contributed by atoms with van der Waals surface area (Å²) in [5, 5.41) is 21.3. The van der Waals surface area contributed by atoms with Crippen LogP contribution in [0.1, 0.15) is 29.7 Å². The predicted octanol–water partition coefficient (Wildman–Crippen LogP) is 1.41. The lowest BCUT2D eigenvalue weighted by Crippen LogP contribution is -2.88. The second kappa shape index (κ2) is 9.55. The number of rotatable bonds is 9. The van der Waals surface area contributed by atoms with E-state index in [-0.39, 0.29) is 18.8 Å². The minimum Gasteiger partial charge on any atom is -0.388 e. The summed E-state index contributed by atoms with van der Waals surface area (Å²) in [7, 11) is 0. The highest BCUT2D eigenvalue weighted by atomic mass is 16.5. The summed E-state index contributed by atoms with van der Waals surface area (Å²) in [6.07, 6.45) is -1.14. The molecule has 0 aliphatic carbocycles. The molecular weight excluding hydrogens is 302 g/mol. The molecule has 2 aromatic rings. The van der Waals surface area contributed by atoms with E-state index >= 15 is 0 Å². The predicted molar refractivity (Wildman–Crippen MR) is 94.8 cm³/mol. The van der Waals surface area contributed by atoms with Gasteiger partial charge in [-0.3, -0.25) is 0 Å². The first kappa shape index (κ1) is 18.6. The normalized spacial score (nSPS) is 15.0. The van der Waals surface area contributed by atoms with Crippen LogP contribution in [-0.4, -0.2) is 42.1 Å². The lowest BCUT2D eigenvalue weighted by molar-refractivity contribution is -0.666. The molecule has 2 aromatic carbocycles. The SMILES string of the molecule is Cc1ccccc1[C@H](OC[C@H](O)C[NH2+]C[C@@H](C)O)c1ccccc1. The fraction of sp³-hybridized carbons (Fsp3) is 0.400. The molecule has 4 N–H and O–H groups in total. The van der Waals surface area contributed by atoms with Crippen molar-refractivity contribution >= 4 is 0 Å². The van der Waals surface area contributed by atoms with Crippen molar-refractivity contribution < 1.29 is 20.3 Å². The monoisotopic (exact) mass is 330 g/mol. The highest BCUT2D eigenvalue weighted by Gasteiger charge is 2.18. The van der Waals surface area contributed by atoms with Crippen molar-refractivity contribution in [2.75, 3.05) is 19.7 Å². The van der Waals surface area contributed by atoms with E-state index in [0.717, 1.165) is 11.1 Å². The molecular formula is C20H28NO3+. The number of hydrogen-bond donors (Lipinski definition) is 3. The Morgan fingerprint density at radius 3 is 2.29 bits per heavy atom. The van der Waals surface area contributed by atoms with Crippen molar-refractivity contribution in [1.82, 2.24) is 0 Å². The zero-order chi connectivity index (χ0) is 17.4. The molecule has 24 heavy (non-hydrogen) atoms. The molecule has 0 aliphatic rings. The van der Waals surface area contributed by atoms with Gasteiger partial charge < -0.3 is 20.3 Å². The summed E-state index contributed by atoms with van der Waals surface area (Å²) in [5.74, 6) is 0. The lowest BCUT2D eigenvalue weighted by Gasteiger charge is -2.22. The maximum absolute atomic E-state index is 10.1. The van der Waals surface area contributed by atoms with Crippen LogP contribution in [0.3, 0.4) is 0 Å². The standard InChI is InChI=1S/C20H27NO3/c1-15-8-6-7-11-19(15)20(17-9-4-3-5-10-17)24-14-18(23)13-21-12-16(2)22/h3-11,16,18,20-23H,12-14H2,1-2H3/p+1/t16-,18-,20-/m1/s1. The number of aliphatic hydroxyl groups is 2. The topological polar surface area (TPSA) is 66.3 Å². The summed E-state index contributed by atoms with van der Waals surface area (Å²) >= 11 is 0. The van der Waals surface area contributed by atoms with Crippen LogP contribution in [0.5, 0.6) is 0 Å². The Morgan fingerprint density at radius 1 is 0.958 bits per heavy atom. The number of nitrogens with two attached hydrogens (primary N) is 1. The van der Waals surface area contributed by atoms with Crippen molar-refractivity contribution in [3.05, 3.63) is 71.3 Å². The van der Waals surface area contributed by atoms with E-state index < -0.39 is 6.10 Å². The molecule has 0 saturated carbocycles. The van der Waals surface area contributed by atoms with Gasteiger partial charge in [-0.25, -0.2) is 0 Å². The maximum atomic E-state index is 10.1. The van der Waals surface area contributed by atoms with E-state index in [0.29, 0.717) is 13.1 Å². The summed E-state index contributed by atoms with van der Waals surface area (Å²) in [6, 6.07) is 18.2. The van der Waals surface area contributed by atoms with Gasteiger partial charge in [-0.1, -0.05) is 54.6 Å². The van der Waals surface area contributed by atoms with Gasteiger partial charge in [-0.15, -0.1) is 0 Å². The van der Waals surface area contributed by atoms with Crippen LogP contribution in [0.15, 0.2) is 54.6 Å². The number of hydrogen-bond acceptors (Lipinski definition) is 3. The minimum atomic E-state index is -0.570. The van der Waals surface area contributed by atoms with E-state index in [4.69, 9.17) is 4.74 Å². The Kier molecular flexibility index (Phi) is 7.40. The largest absolute Gasteiger partial charge is 0.388 e. The second-order valence-electron chi connectivity index (χ2n) is 6.24. The molecule has 0 unspecified atom stereocenters. The number of quaternary nitrogens is 1.